The monoisotopic (exact) mass is 357 g/mol. The van der Waals surface area contributed by atoms with Gasteiger partial charge in [-0.05, 0) is 42.2 Å². The summed E-state index contributed by atoms with van der Waals surface area (Å²) in [6.45, 7) is 5.53. The van der Waals surface area contributed by atoms with Crippen molar-refractivity contribution in [3.63, 3.8) is 0 Å². The third-order valence-electron chi connectivity index (χ3n) is 3.95. The third kappa shape index (κ3) is 5.65. The van der Waals surface area contributed by atoms with Gasteiger partial charge in [-0.3, -0.25) is 4.79 Å². The van der Waals surface area contributed by atoms with Crippen LogP contribution < -0.4 is 20.1 Å². The van der Waals surface area contributed by atoms with Gasteiger partial charge < -0.3 is 20.1 Å². The lowest BCUT2D eigenvalue weighted by Crippen LogP contribution is -2.26. The van der Waals surface area contributed by atoms with Gasteiger partial charge in [0.05, 0.1) is 26.1 Å². The maximum atomic E-state index is 12.0. The summed E-state index contributed by atoms with van der Waals surface area (Å²) >= 11 is 0. The number of carbonyl (C=O) groups is 1. The Labute approximate surface area is 154 Å². The number of ether oxygens (including phenoxy) is 2. The smallest absolute Gasteiger partial charge is 0.269 e. The molecule has 0 bridgehead atoms. The highest BCUT2D eigenvalue weighted by Crippen LogP contribution is 2.27. The van der Waals surface area contributed by atoms with Gasteiger partial charge in [0.1, 0.15) is 5.69 Å². The van der Waals surface area contributed by atoms with E-state index in [-0.39, 0.29) is 5.91 Å². The van der Waals surface area contributed by atoms with Crippen molar-refractivity contribution in [3.05, 3.63) is 47.8 Å². The Kier molecular flexibility index (Phi) is 7.26. The molecule has 1 aromatic carbocycles. The first-order valence-corrected chi connectivity index (χ1v) is 8.72. The summed E-state index contributed by atoms with van der Waals surface area (Å²) in [5, 5.41) is 6.17. The highest BCUT2D eigenvalue weighted by atomic mass is 16.5. The summed E-state index contributed by atoms with van der Waals surface area (Å²) in [6, 6.07) is 9.35. The summed E-state index contributed by atoms with van der Waals surface area (Å²) in [7, 11) is 3.23. The van der Waals surface area contributed by atoms with E-state index in [0.717, 1.165) is 17.7 Å². The van der Waals surface area contributed by atoms with Crippen molar-refractivity contribution >= 4 is 11.6 Å². The maximum absolute atomic E-state index is 12.0. The fourth-order valence-corrected chi connectivity index (χ4v) is 2.39. The number of amides is 1. The SMILES string of the molecule is COc1ccc(CNc2ccc(C(=O)NCCC(C)C)nc2)cc1OC. The fourth-order valence-electron chi connectivity index (χ4n) is 2.39. The molecule has 0 spiro atoms. The summed E-state index contributed by atoms with van der Waals surface area (Å²) in [5.41, 5.74) is 2.32. The number of hydrogen-bond donors (Lipinski definition) is 2. The third-order valence-corrected chi connectivity index (χ3v) is 3.95. The molecule has 6 heteroatoms. The summed E-state index contributed by atoms with van der Waals surface area (Å²) in [6.07, 6.45) is 2.62. The van der Waals surface area contributed by atoms with Gasteiger partial charge in [0.25, 0.3) is 5.91 Å². The van der Waals surface area contributed by atoms with Crippen molar-refractivity contribution in [2.24, 2.45) is 5.92 Å². The van der Waals surface area contributed by atoms with E-state index in [4.69, 9.17) is 9.47 Å². The first-order valence-electron chi connectivity index (χ1n) is 8.72. The van der Waals surface area contributed by atoms with Crippen LogP contribution in [0.1, 0.15) is 36.3 Å². The molecule has 0 aliphatic rings. The number of nitrogens with zero attached hydrogens (tertiary/aromatic N) is 1. The van der Waals surface area contributed by atoms with Gasteiger partial charge in [-0.15, -0.1) is 0 Å². The van der Waals surface area contributed by atoms with Crippen LogP contribution in [0.3, 0.4) is 0 Å². The average molecular weight is 357 g/mol. The van der Waals surface area contributed by atoms with Crippen molar-refractivity contribution in [1.82, 2.24) is 10.3 Å². The van der Waals surface area contributed by atoms with E-state index in [1.165, 1.54) is 0 Å². The second-order valence-corrected chi connectivity index (χ2v) is 6.41. The highest BCUT2D eigenvalue weighted by Gasteiger charge is 2.08. The van der Waals surface area contributed by atoms with Gasteiger partial charge in [-0.1, -0.05) is 19.9 Å². The van der Waals surface area contributed by atoms with Crippen LogP contribution in [0, 0.1) is 5.92 Å². The molecule has 0 radical (unpaired) electrons. The largest absolute Gasteiger partial charge is 0.493 e. The summed E-state index contributed by atoms with van der Waals surface area (Å²) in [5.74, 6) is 1.81. The molecule has 140 valence electrons. The van der Waals surface area contributed by atoms with Crippen molar-refractivity contribution < 1.29 is 14.3 Å². The predicted molar refractivity (Wildman–Crippen MR) is 103 cm³/mol. The van der Waals surface area contributed by atoms with Crippen molar-refractivity contribution in [2.45, 2.75) is 26.8 Å². The van der Waals surface area contributed by atoms with Gasteiger partial charge in [-0.2, -0.15) is 0 Å². The quantitative estimate of drug-likeness (QED) is 0.719. The molecule has 0 fully saturated rings. The average Bonchev–Trinajstić information content (AvgIpc) is 2.66. The molecule has 2 aromatic rings. The number of hydrogen-bond acceptors (Lipinski definition) is 5. The summed E-state index contributed by atoms with van der Waals surface area (Å²) in [4.78, 5) is 16.3. The molecule has 0 saturated heterocycles. The van der Waals surface area contributed by atoms with Crippen LogP contribution in [0.2, 0.25) is 0 Å². The lowest BCUT2D eigenvalue weighted by Gasteiger charge is -2.11. The molecule has 0 aliphatic carbocycles. The van der Waals surface area contributed by atoms with Crippen molar-refractivity contribution in [3.8, 4) is 11.5 Å². The highest BCUT2D eigenvalue weighted by molar-refractivity contribution is 5.92. The molecule has 2 rings (SSSR count). The Balaban J connectivity index is 1.90. The maximum Gasteiger partial charge on any atom is 0.269 e. The van der Waals surface area contributed by atoms with E-state index in [1.807, 2.05) is 24.3 Å². The molecule has 0 saturated carbocycles. The Bertz CT molecular complexity index is 715. The molecule has 1 amide bonds. The lowest BCUT2D eigenvalue weighted by molar-refractivity contribution is 0.0947. The molecular formula is C20H27N3O3. The van der Waals surface area contributed by atoms with E-state index in [1.54, 1.807) is 26.5 Å². The zero-order valence-corrected chi connectivity index (χ0v) is 15.8. The molecule has 1 aromatic heterocycles. The molecule has 0 aliphatic heterocycles. The minimum Gasteiger partial charge on any atom is -0.493 e. The zero-order chi connectivity index (χ0) is 18.9. The van der Waals surface area contributed by atoms with Gasteiger partial charge in [0.2, 0.25) is 0 Å². The molecule has 1 heterocycles. The first-order chi connectivity index (χ1) is 12.5. The number of nitrogens with one attached hydrogen (secondary N) is 2. The van der Waals surface area contributed by atoms with Crippen LogP contribution in [0.15, 0.2) is 36.5 Å². The van der Waals surface area contributed by atoms with E-state index in [0.29, 0.717) is 36.2 Å². The Morgan fingerprint density at radius 2 is 1.88 bits per heavy atom. The van der Waals surface area contributed by atoms with Crippen LogP contribution in [0.25, 0.3) is 0 Å². The van der Waals surface area contributed by atoms with Crippen LogP contribution in [0.5, 0.6) is 11.5 Å². The van der Waals surface area contributed by atoms with Gasteiger partial charge in [0.15, 0.2) is 11.5 Å². The molecule has 2 N–H and O–H groups in total. The van der Waals surface area contributed by atoms with Gasteiger partial charge in [-0.25, -0.2) is 4.98 Å². The van der Waals surface area contributed by atoms with Crippen LogP contribution in [0.4, 0.5) is 5.69 Å². The summed E-state index contributed by atoms with van der Waals surface area (Å²) < 4.78 is 10.5. The molecular weight excluding hydrogens is 330 g/mol. The van der Waals surface area contributed by atoms with Crippen molar-refractivity contribution in [1.29, 1.82) is 0 Å². The number of benzene rings is 1. The predicted octanol–water partition coefficient (Wildman–Crippen LogP) is 3.49. The van der Waals surface area contributed by atoms with E-state index < -0.39 is 0 Å². The van der Waals surface area contributed by atoms with E-state index in [2.05, 4.69) is 29.5 Å². The number of aromatic nitrogens is 1. The Morgan fingerprint density at radius 1 is 1.12 bits per heavy atom. The Hall–Kier alpha value is -2.76. The minimum absolute atomic E-state index is 0.142. The standard InChI is InChI=1S/C20H27N3O3/c1-14(2)9-10-21-20(24)17-7-6-16(13-23-17)22-12-15-5-8-18(25-3)19(11-15)26-4/h5-8,11,13-14,22H,9-10,12H2,1-4H3,(H,21,24). The number of methoxy groups -OCH3 is 2. The minimum atomic E-state index is -0.142. The second kappa shape index (κ2) is 9.65. The number of carbonyl (C=O) groups excluding carboxylic acids is 1. The van der Waals surface area contributed by atoms with Crippen LogP contribution in [-0.4, -0.2) is 31.7 Å². The van der Waals surface area contributed by atoms with Crippen molar-refractivity contribution in [2.75, 3.05) is 26.1 Å². The number of rotatable bonds is 9. The first kappa shape index (κ1) is 19.6. The lowest BCUT2D eigenvalue weighted by atomic mass is 10.1. The fraction of sp³-hybridized carbons (Fsp3) is 0.400. The number of pyridine rings is 1. The number of anilines is 1. The van der Waals surface area contributed by atoms with E-state index >= 15 is 0 Å². The van der Waals surface area contributed by atoms with E-state index in [9.17, 15) is 4.79 Å². The van der Waals surface area contributed by atoms with Gasteiger partial charge >= 0.3 is 0 Å². The molecule has 0 unspecified atom stereocenters. The molecule has 0 atom stereocenters. The Morgan fingerprint density at radius 3 is 2.50 bits per heavy atom. The molecule has 26 heavy (non-hydrogen) atoms. The van der Waals surface area contributed by atoms with Gasteiger partial charge in [0, 0.05) is 13.1 Å². The molecule has 6 nitrogen and oxygen atoms in total. The second-order valence-electron chi connectivity index (χ2n) is 6.41. The van der Waals surface area contributed by atoms with Crippen LogP contribution >= 0.6 is 0 Å². The zero-order valence-electron chi connectivity index (χ0n) is 15.8. The van der Waals surface area contributed by atoms with Crippen LogP contribution in [-0.2, 0) is 6.54 Å². The normalized spacial score (nSPS) is 10.5. The topological polar surface area (TPSA) is 72.5 Å².